The van der Waals surface area contributed by atoms with Crippen LogP contribution in [0.15, 0.2) is 24.4 Å². The third-order valence-corrected chi connectivity index (χ3v) is 9.80. The second-order valence-electron chi connectivity index (χ2n) is 11.2. The zero-order valence-electron chi connectivity index (χ0n) is 19.8. The van der Waals surface area contributed by atoms with Gasteiger partial charge < -0.3 is 4.90 Å². The molecule has 4 aliphatic rings. The Kier molecular flexibility index (Phi) is 5.18. The highest BCUT2D eigenvalue weighted by molar-refractivity contribution is 5.89. The van der Waals surface area contributed by atoms with Crippen molar-refractivity contribution in [2.45, 2.75) is 71.8 Å². The first-order chi connectivity index (χ1) is 15.2. The highest BCUT2D eigenvalue weighted by Gasteiger charge is 2.60. The van der Waals surface area contributed by atoms with Crippen LogP contribution in [-0.4, -0.2) is 39.8 Å². The van der Waals surface area contributed by atoms with Gasteiger partial charge in [-0.05, 0) is 86.7 Å². The summed E-state index contributed by atoms with van der Waals surface area (Å²) in [4.78, 5) is 35.6. The average Bonchev–Trinajstić information content (AvgIpc) is 3.07. The van der Waals surface area contributed by atoms with E-state index in [4.69, 9.17) is 0 Å². The van der Waals surface area contributed by atoms with Crippen LogP contribution >= 0.6 is 0 Å². The Hall–Kier alpha value is -2.24. The Bertz CT molecular complexity index is 961. The topological polar surface area (TPSA) is 75.2 Å². The number of rotatable bonds is 3. The van der Waals surface area contributed by atoms with Crippen molar-refractivity contribution in [3.05, 3.63) is 30.1 Å². The normalized spacial score (nSPS) is 40.4. The van der Waals surface area contributed by atoms with E-state index in [2.05, 4.69) is 35.2 Å². The summed E-state index contributed by atoms with van der Waals surface area (Å²) in [7, 11) is 1.98. The molecule has 1 aliphatic heterocycles. The number of aryl methyl sites for hydroxylation is 1. The third kappa shape index (κ3) is 3.29. The first-order valence-electron chi connectivity index (χ1n) is 12.3. The van der Waals surface area contributed by atoms with Crippen molar-refractivity contribution < 1.29 is 9.59 Å². The van der Waals surface area contributed by atoms with Gasteiger partial charge in [0.05, 0.1) is 0 Å². The molecule has 3 aliphatic carbocycles. The number of nitrogens with zero attached hydrogens (tertiary/aromatic N) is 3. The van der Waals surface area contributed by atoms with Gasteiger partial charge >= 0.3 is 0 Å². The summed E-state index contributed by atoms with van der Waals surface area (Å²) in [6.07, 6.45) is 13.3. The molecule has 7 atom stereocenters. The zero-order valence-corrected chi connectivity index (χ0v) is 19.8. The number of likely N-dealkylation sites (N-methyl/N-ethyl adjacent to an activating group) is 1. The molecule has 0 saturated heterocycles. The van der Waals surface area contributed by atoms with E-state index in [9.17, 15) is 9.59 Å². The van der Waals surface area contributed by atoms with Crippen molar-refractivity contribution >= 4 is 17.8 Å². The van der Waals surface area contributed by atoms with Gasteiger partial charge in [0, 0.05) is 36.8 Å². The van der Waals surface area contributed by atoms with Gasteiger partial charge in [0.1, 0.15) is 0 Å². The molecular weight excluding hydrogens is 400 g/mol. The van der Waals surface area contributed by atoms with Crippen LogP contribution in [0.3, 0.4) is 0 Å². The quantitative estimate of drug-likeness (QED) is 0.763. The van der Waals surface area contributed by atoms with Gasteiger partial charge in [-0.3, -0.25) is 14.9 Å². The molecule has 2 heterocycles. The lowest BCUT2D eigenvalue weighted by Crippen LogP contribution is -2.59. The third-order valence-electron chi connectivity index (χ3n) is 9.80. The first-order valence-corrected chi connectivity index (χ1v) is 12.3. The van der Waals surface area contributed by atoms with Crippen molar-refractivity contribution in [3.8, 4) is 0 Å². The summed E-state index contributed by atoms with van der Waals surface area (Å²) >= 11 is 0. The number of amides is 2. The molecule has 1 aromatic heterocycles. The Labute approximate surface area is 191 Å². The molecule has 3 fully saturated rings. The van der Waals surface area contributed by atoms with Gasteiger partial charge in [0.25, 0.3) is 0 Å². The standard InChI is InChI=1S/C26H36N4O2/c1-16-11-14-27-24(28-16)29-22(31)15-17-5-7-19-18-6-8-21-26(3,13-10-23(32)30(21)4)20(18)9-12-25(17,19)2/h10-11,13-14,17-21H,5-9,12,15H2,1-4H3,(H,27,28,29,31)/t17-,18+,19+,20+,21-,25-,26-/m1/s1. The Morgan fingerprint density at radius 2 is 2.00 bits per heavy atom. The molecule has 5 rings (SSSR count). The second-order valence-corrected chi connectivity index (χ2v) is 11.2. The number of nitrogens with one attached hydrogen (secondary N) is 1. The molecule has 6 nitrogen and oxygen atoms in total. The van der Waals surface area contributed by atoms with Crippen molar-refractivity contribution in [2.24, 2.45) is 34.5 Å². The molecule has 1 N–H and O–H groups in total. The average molecular weight is 437 g/mol. The zero-order chi connectivity index (χ0) is 22.7. The highest BCUT2D eigenvalue weighted by atomic mass is 16.2. The molecular formula is C26H36N4O2. The molecule has 0 aromatic carbocycles. The number of hydrogen-bond acceptors (Lipinski definition) is 4. The Morgan fingerprint density at radius 1 is 1.19 bits per heavy atom. The van der Waals surface area contributed by atoms with Gasteiger partial charge in [0.15, 0.2) is 0 Å². The lowest BCUT2D eigenvalue weighted by Gasteiger charge is -2.60. The summed E-state index contributed by atoms with van der Waals surface area (Å²) in [5, 5.41) is 2.92. The van der Waals surface area contributed by atoms with Gasteiger partial charge in [-0.15, -0.1) is 0 Å². The fraction of sp³-hybridized carbons (Fsp3) is 0.692. The molecule has 32 heavy (non-hydrogen) atoms. The van der Waals surface area contributed by atoms with E-state index in [0.29, 0.717) is 42.1 Å². The van der Waals surface area contributed by atoms with E-state index < -0.39 is 0 Å². The fourth-order valence-electron chi connectivity index (χ4n) is 8.09. The number of fused-ring (bicyclic) bond motifs is 5. The lowest BCUT2D eigenvalue weighted by atomic mass is 9.47. The van der Waals surface area contributed by atoms with E-state index in [1.165, 1.54) is 25.7 Å². The van der Waals surface area contributed by atoms with Crippen LogP contribution in [0.25, 0.3) is 0 Å². The van der Waals surface area contributed by atoms with Crippen molar-refractivity contribution in [1.82, 2.24) is 14.9 Å². The van der Waals surface area contributed by atoms with Crippen molar-refractivity contribution in [3.63, 3.8) is 0 Å². The number of anilines is 1. The van der Waals surface area contributed by atoms with Gasteiger partial charge in [-0.1, -0.05) is 19.9 Å². The Balaban J connectivity index is 1.31. The first kappa shape index (κ1) is 21.6. The summed E-state index contributed by atoms with van der Waals surface area (Å²) in [5.41, 5.74) is 1.15. The molecule has 0 spiro atoms. The largest absolute Gasteiger partial charge is 0.338 e. The van der Waals surface area contributed by atoms with E-state index >= 15 is 0 Å². The van der Waals surface area contributed by atoms with E-state index in [-0.39, 0.29) is 22.6 Å². The Morgan fingerprint density at radius 3 is 2.78 bits per heavy atom. The van der Waals surface area contributed by atoms with E-state index in [0.717, 1.165) is 18.5 Å². The predicted octanol–water partition coefficient (Wildman–Crippen LogP) is 4.37. The minimum atomic E-state index is 0.0376. The van der Waals surface area contributed by atoms with Crippen LogP contribution in [-0.2, 0) is 9.59 Å². The van der Waals surface area contributed by atoms with Crippen LogP contribution < -0.4 is 5.32 Å². The summed E-state index contributed by atoms with van der Waals surface area (Å²) in [6.45, 7) is 6.74. The maximum atomic E-state index is 12.8. The molecule has 0 bridgehead atoms. The number of carbonyl (C=O) groups is 2. The molecule has 3 saturated carbocycles. The van der Waals surface area contributed by atoms with Crippen LogP contribution in [0, 0.1) is 41.4 Å². The number of aromatic nitrogens is 2. The number of carbonyl (C=O) groups excluding carboxylic acids is 2. The SMILES string of the molecule is Cc1ccnc(NC(=O)C[C@H]2CC[C@H]3[C@@H]4CC[C@H]5N(C)C(=O)C=C[C@]5(C)[C@H]4CC[C@]23C)n1. The minimum absolute atomic E-state index is 0.0376. The predicted molar refractivity (Wildman–Crippen MR) is 124 cm³/mol. The van der Waals surface area contributed by atoms with E-state index in [1.54, 1.807) is 6.20 Å². The molecule has 1 aromatic rings. The maximum Gasteiger partial charge on any atom is 0.246 e. The van der Waals surface area contributed by atoms with Crippen LogP contribution in [0.5, 0.6) is 0 Å². The molecule has 2 amide bonds. The van der Waals surface area contributed by atoms with Crippen LogP contribution in [0.1, 0.15) is 64.5 Å². The molecule has 0 unspecified atom stereocenters. The minimum Gasteiger partial charge on any atom is -0.338 e. The molecule has 0 radical (unpaired) electrons. The summed E-state index contributed by atoms with van der Waals surface area (Å²) in [6, 6.07) is 2.16. The monoisotopic (exact) mass is 436 g/mol. The van der Waals surface area contributed by atoms with Crippen LogP contribution in [0.4, 0.5) is 5.95 Å². The van der Waals surface area contributed by atoms with Crippen LogP contribution in [0.2, 0.25) is 0 Å². The summed E-state index contributed by atoms with van der Waals surface area (Å²) in [5.74, 6) is 2.99. The van der Waals surface area contributed by atoms with Gasteiger partial charge in [-0.25, -0.2) is 9.97 Å². The van der Waals surface area contributed by atoms with E-state index in [1.807, 2.05) is 31.0 Å². The second kappa shape index (κ2) is 7.67. The number of hydrogen-bond donors (Lipinski definition) is 1. The molecule has 6 heteroatoms. The summed E-state index contributed by atoms with van der Waals surface area (Å²) < 4.78 is 0. The highest BCUT2D eigenvalue weighted by Crippen LogP contribution is 2.65. The fourth-order valence-corrected chi connectivity index (χ4v) is 8.09. The smallest absolute Gasteiger partial charge is 0.246 e. The lowest BCUT2D eigenvalue weighted by molar-refractivity contribution is -0.139. The van der Waals surface area contributed by atoms with Crippen molar-refractivity contribution in [1.29, 1.82) is 0 Å². The van der Waals surface area contributed by atoms with Gasteiger partial charge in [0.2, 0.25) is 17.8 Å². The maximum absolute atomic E-state index is 12.8. The van der Waals surface area contributed by atoms with Crippen molar-refractivity contribution in [2.75, 3.05) is 12.4 Å². The van der Waals surface area contributed by atoms with Gasteiger partial charge in [-0.2, -0.15) is 0 Å². The molecule has 172 valence electrons.